The number of nitrogens with one attached hydrogen (secondary N) is 1. The Morgan fingerprint density at radius 3 is 2.67 bits per heavy atom. The minimum absolute atomic E-state index is 0.111. The van der Waals surface area contributed by atoms with Gasteiger partial charge >= 0.3 is 0 Å². The smallest absolute Gasteiger partial charge is 0.237 e. The Bertz CT molecular complexity index is 263. The number of nitrogens with zero attached hydrogens (tertiary/aromatic N) is 1. The largest absolute Gasteiger partial charge is 0.354 e. The lowest BCUT2D eigenvalue weighted by Gasteiger charge is -2.40. The van der Waals surface area contributed by atoms with Crippen LogP contribution in [0, 0.1) is 17.2 Å². The zero-order valence-corrected chi connectivity index (χ0v) is 10.2. The van der Waals surface area contributed by atoms with Gasteiger partial charge in [0, 0.05) is 11.3 Å². The predicted octanol–water partition coefficient (Wildman–Crippen LogP) is 1.94. The van der Waals surface area contributed by atoms with E-state index < -0.39 is 5.92 Å². The number of rotatable bonds is 5. The van der Waals surface area contributed by atoms with Gasteiger partial charge in [0.1, 0.15) is 5.92 Å². The summed E-state index contributed by atoms with van der Waals surface area (Å²) in [5, 5.41) is 11.6. The van der Waals surface area contributed by atoms with Crippen molar-refractivity contribution in [3.63, 3.8) is 0 Å². The van der Waals surface area contributed by atoms with Gasteiger partial charge in [0.2, 0.25) is 5.91 Å². The molecule has 1 atom stereocenters. The number of carbonyl (C=O) groups is 1. The van der Waals surface area contributed by atoms with E-state index in [1.807, 2.05) is 24.8 Å². The van der Waals surface area contributed by atoms with E-state index in [1.54, 1.807) is 0 Å². The molecule has 0 aliphatic heterocycles. The van der Waals surface area contributed by atoms with Crippen LogP contribution in [0.2, 0.25) is 0 Å². The molecule has 4 heteroatoms. The Balaban J connectivity index is 2.36. The lowest BCUT2D eigenvalue weighted by atomic mass is 9.84. The van der Waals surface area contributed by atoms with Crippen LogP contribution in [0.15, 0.2) is 0 Å². The highest BCUT2D eigenvalue weighted by molar-refractivity contribution is 8.00. The van der Waals surface area contributed by atoms with Crippen molar-refractivity contribution in [2.24, 2.45) is 5.92 Å². The van der Waals surface area contributed by atoms with Crippen molar-refractivity contribution >= 4 is 17.7 Å². The highest BCUT2D eigenvalue weighted by Gasteiger charge is 2.36. The van der Waals surface area contributed by atoms with Crippen LogP contribution in [-0.4, -0.2) is 23.5 Å². The van der Waals surface area contributed by atoms with E-state index in [0.29, 0.717) is 13.0 Å². The molecule has 84 valence electrons. The molecule has 1 aliphatic carbocycles. The third-order valence-electron chi connectivity index (χ3n) is 3.16. The summed E-state index contributed by atoms with van der Waals surface area (Å²) < 4.78 is 0.253. The number of amides is 1. The van der Waals surface area contributed by atoms with Gasteiger partial charge in [0.25, 0.3) is 0 Å². The van der Waals surface area contributed by atoms with Crippen molar-refractivity contribution in [3.05, 3.63) is 0 Å². The third-order valence-corrected chi connectivity index (χ3v) is 4.58. The quantitative estimate of drug-likeness (QED) is 0.779. The lowest BCUT2D eigenvalue weighted by Crippen LogP contribution is -2.46. The molecular formula is C11H18N2OS. The summed E-state index contributed by atoms with van der Waals surface area (Å²) in [6.07, 6.45) is 6.29. The second-order valence-corrected chi connectivity index (χ2v) is 5.32. The van der Waals surface area contributed by atoms with Crippen molar-refractivity contribution in [1.82, 2.24) is 5.32 Å². The van der Waals surface area contributed by atoms with Crippen molar-refractivity contribution in [1.29, 1.82) is 5.26 Å². The van der Waals surface area contributed by atoms with Gasteiger partial charge in [-0.25, -0.2) is 0 Å². The van der Waals surface area contributed by atoms with E-state index in [9.17, 15) is 4.79 Å². The number of nitriles is 1. The first-order valence-electron chi connectivity index (χ1n) is 5.40. The summed E-state index contributed by atoms with van der Waals surface area (Å²) in [5.74, 6) is -0.593. The lowest BCUT2D eigenvalue weighted by molar-refractivity contribution is -0.123. The summed E-state index contributed by atoms with van der Waals surface area (Å²) in [4.78, 5) is 11.6. The minimum Gasteiger partial charge on any atom is -0.354 e. The van der Waals surface area contributed by atoms with Crippen molar-refractivity contribution in [2.45, 2.75) is 37.4 Å². The Hall–Kier alpha value is -0.690. The summed E-state index contributed by atoms with van der Waals surface area (Å²) >= 11 is 1.83. The van der Waals surface area contributed by atoms with Gasteiger partial charge in [-0.15, -0.1) is 0 Å². The van der Waals surface area contributed by atoms with Gasteiger partial charge in [0.05, 0.1) is 6.07 Å². The average molecular weight is 226 g/mol. The SMILES string of the molecule is CCC(C#N)C(=O)NCC1(SC)CCC1. The van der Waals surface area contributed by atoms with Crippen LogP contribution in [-0.2, 0) is 4.79 Å². The summed E-state index contributed by atoms with van der Waals surface area (Å²) in [6.45, 7) is 2.58. The van der Waals surface area contributed by atoms with Gasteiger partial charge in [0.15, 0.2) is 0 Å². The van der Waals surface area contributed by atoms with E-state index in [0.717, 1.165) is 0 Å². The average Bonchev–Trinajstić information content (AvgIpc) is 2.19. The second kappa shape index (κ2) is 5.41. The highest BCUT2D eigenvalue weighted by Crippen LogP contribution is 2.42. The second-order valence-electron chi connectivity index (χ2n) is 4.05. The fourth-order valence-electron chi connectivity index (χ4n) is 1.73. The highest BCUT2D eigenvalue weighted by atomic mass is 32.2. The molecule has 0 bridgehead atoms. The molecule has 0 aromatic carbocycles. The standard InChI is InChI=1S/C11H18N2OS/c1-3-9(7-12)10(14)13-8-11(15-2)5-4-6-11/h9H,3-6,8H2,1-2H3,(H,13,14). The Kier molecular flexibility index (Phi) is 4.46. The summed E-state index contributed by atoms with van der Waals surface area (Å²) in [6, 6.07) is 2.02. The van der Waals surface area contributed by atoms with Crippen LogP contribution in [0.5, 0.6) is 0 Å². The maximum atomic E-state index is 11.6. The molecule has 1 amide bonds. The van der Waals surface area contributed by atoms with Crippen molar-refractivity contribution in [3.8, 4) is 6.07 Å². The molecule has 0 spiro atoms. The Morgan fingerprint density at radius 1 is 1.67 bits per heavy atom. The van der Waals surface area contributed by atoms with Crippen LogP contribution in [0.25, 0.3) is 0 Å². The van der Waals surface area contributed by atoms with E-state index >= 15 is 0 Å². The molecule has 15 heavy (non-hydrogen) atoms. The van der Waals surface area contributed by atoms with E-state index in [4.69, 9.17) is 5.26 Å². The summed E-state index contributed by atoms with van der Waals surface area (Å²) in [7, 11) is 0. The predicted molar refractivity (Wildman–Crippen MR) is 62.5 cm³/mol. The first kappa shape index (κ1) is 12.4. The molecule has 1 unspecified atom stereocenters. The minimum atomic E-state index is -0.482. The Morgan fingerprint density at radius 2 is 2.33 bits per heavy atom. The topological polar surface area (TPSA) is 52.9 Å². The normalized spacial score (nSPS) is 19.8. The van der Waals surface area contributed by atoms with Crippen molar-refractivity contribution in [2.75, 3.05) is 12.8 Å². The van der Waals surface area contributed by atoms with Gasteiger partial charge in [-0.05, 0) is 25.5 Å². The number of hydrogen-bond acceptors (Lipinski definition) is 3. The summed E-state index contributed by atoms with van der Waals surface area (Å²) in [5.41, 5.74) is 0. The molecule has 1 saturated carbocycles. The van der Waals surface area contributed by atoms with Gasteiger partial charge in [-0.3, -0.25) is 4.79 Å². The first-order chi connectivity index (χ1) is 7.17. The number of carbonyl (C=O) groups excluding carboxylic acids is 1. The molecule has 1 fully saturated rings. The molecule has 0 heterocycles. The number of thioether (sulfide) groups is 1. The molecular weight excluding hydrogens is 208 g/mol. The monoisotopic (exact) mass is 226 g/mol. The molecule has 1 N–H and O–H groups in total. The third kappa shape index (κ3) is 2.88. The van der Waals surface area contributed by atoms with E-state index in [2.05, 4.69) is 11.6 Å². The fraction of sp³-hybridized carbons (Fsp3) is 0.818. The zero-order valence-electron chi connectivity index (χ0n) is 9.38. The van der Waals surface area contributed by atoms with Crippen LogP contribution < -0.4 is 5.32 Å². The van der Waals surface area contributed by atoms with Crippen LogP contribution in [0.4, 0.5) is 0 Å². The van der Waals surface area contributed by atoms with E-state index in [-0.39, 0.29) is 10.7 Å². The molecule has 0 radical (unpaired) electrons. The van der Waals surface area contributed by atoms with E-state index in [1.165, 1.54) is 19.3 Å². The molecule has 1 rings (SSSR count). The van der Waals surface area contributed by atoms with Crippen LogP contribution >= 0.6 is 11.8 Å². The van der Waals surface area contributed by atoms with Gasteiger partial charge in [-0.1, -0.05) is 13.3 Å². The van der Waals surface area contributed by atoms with Crippen LogP contribution in [0.1, 0.15) is 32.6 Å². The molecule has 0 aromatic heterocycles. The van der Waals surface area contributed by atoms with Gasteiger partial charge in [-0.2, -0.15) is 17.0 Å². The van der Waals surface area contributed by atoms with Crippen molar-refractivity contribution < 1.29 is 4.79 Å². The van der Waals surface area contributed by atoms with Gasteiger partial charge < -0.3 is 5.32 Å². The maximum absolute atomic E-state index is 11.6. The number of hydrogen-bond donors (Lipinski definition) is 1. The molecule has 0 saturated heterocycles. The molecule has 0 aromatic rings. The molecule has 1 aliphatic rings. The zero-order chi connectivity index (χ0) is 11.3. The fourth-order valence-corrected chi connectivity index (χ4v) is 2.64. The maximum Gasteiger partial charge on any atom is 0.237 e. The van der Waals surface area contributed by atoms with Crippen LogP contribution in [0.3, 0.4) is 0 Å². The Labute approximate surface area is 95.6 Å². The molecule has 3 nitrogen and oxygen atoms in total. The first-order valence-corrected chi connectivity index (χ1v) is 6.62.